The summed E-state index contributed by atoms with van der Waals surface area (Å²) in [6.07, 6.45) is -3.61. The number of aliphatic hydroxyl groups excluding tert-OH is 1. The van der Waals surface area contributed by atoms with Crippen LogP contribution in [0.25, 0.3) is 0 Å². The fourth-order valence-electron chi connectivity index (χ4n) is 1.04. The van der Waals surface area contributed by atoms with Gasteiger partial charge in [0.25, 0.3) is 0 Å². The number of alkyl halides is 3. The average Bonchev–Trinajstić information content (AvgIpc) is 2.14. The Bertz CT molecular complexity index is 298. The van der Waals surface area contributed by atoms with E-state index in [1.807, 2.05) is 0 Å². The fraction of sp³-hybridized carbons (Fsp3) is 0.444. The molecule has 0 bridgehead atoms. The Balaban J connectivity index is 2.79. The van der Waals surface area contributed by atoms with Gasteiger partial charge < -0.3 is 5.11 Å². The van der Waals surface area contributed by atoms with Crippen molar-refractivity contribution < 1.29 is 18.3 Å². The van der Waals surface area contributed by atoms with Crippen molar-refractivity contribution in [2.45, 2.75) is 19.0 Å². The third-order valence-corrected chi connectivity index (χ3v) is 1.69. The number of halogens is 3. The standard InChI is InChI=1S/C9H10F3NO/c10-9(11,12)8-5-1-3-7(13-8)4-2-6-14/h1,3,5,14H,2,4,6H2. The predicted molar refractivity (Wildman–Crippen MR) is 44.6 cm³/mol. The number of pyridine rings is 1. The maximum Gasteiger partial charge on any atom is 0.433 e. The van der Waals surface area contributed by atoms with E-state index in [4.69, 9.17) is 5.11 Å². The molecule has 0 radical (unpaired) electrons. The second-order valence-corrected chi connectivity index (χ2v) is 2.84. The van der Waals surface area contributed by atoms with Gasteiger partial charge in [0.2, 0.25) is 0 Å². The van der Waals surface area contributed by atoms with E-state index in [2.05, 4.69) is 4.98 Å². The lowest BCUT2D eigenvalue weighted by Crippen LogP contribution is -2.09. The Morgan fingerprint density at radius 2 is 2.00 bits per heavy atom. The summed E-state index contributed by atoms with van der Waals surface area (Å²) in [5, 5.41) is 8.51. The SMILES string of the molecule is OCCCc1cccc(C(F)(F)F)n1. The normalized spacial score (nSPS) is 11.7. The maximum atomic E-state index is 12.2. The van der Waals surface area contributed by atoms with E-state index in [0.29, 0.717) is 18.5 Å². The van der Waals surface area contributed by atoms with Crippen molar-refractivity contribution in [3.63, 3.8) is 0 Å². The molecule has 0 saturated heterocycles. The maximum absolute atomic E-state index is 12.2. The lowest BCUT2D eigenvalue weighted by molar-refractivity contribution is -0.141. The van der Waals surface area contributed by atoms with Crippen LogP contribution in [0.5, 0.6) is 0 Å². The minimum absolute atomic E-state index is 0.0437. The van der Waals surface area contributed by atoms with Crippen LogP contribution in [0.1, 0.15) is 17.8 Å². The first-order valence-electron chi connectivity index (χ1n) is 4.18. The van der Waals surface area contributed by atoms with E-state index in [1.54, 1.807) is 0 Å². The smallest absolute Gasteiger partial charge is 0.396 e. The first-order chi connectivity index (χ1) is 6.54. The largest absolute Gasteiger partial charge is 0.433 e. The van der Waals surface area contributed by atoms with E-state index in [9.17, 15) is 13.2 Å². The highest BCUT2D eigenvalue weighted by molar-refractivity contribution is 5.13. The van der Waals surface area contributed by atoms with Crippen LogP contribution < -0.4 is 0 Å². The molecule has 78 valence electrons. The van der Waals surface area contributed by atoms with Crippen LogP contribution in [-0.4, -0.2) is 16.7 Å². The molecule has 1 heterocycles. The molecule has 0 atom stereocenters. The molecule has 0 fully saturated rings. The van der Waals surface area contributed by atoms with Gasteiger partial charge in [-0.3, -0.25) is 0 Å². The van der Waals surface area contributed by atoms with Crippen LogP contribution >= 0.6 is 0 Å². The first kappa shape index (κ1) is 11.0. The molecular weight excluding hydrogens is 195 g/mol. The third-order valence-electron chi connectivity index (χ3n) is 1.69. The summed E-state index contributed by atoms with van der Waals surface area (Å²) >= 11 is 0. The second kappa shape index (κ2) is 4.41. The minimum Gasteiger partial charge on any atom is -0.396 e. The summed E-state index contributed by atoms with van der Waals surface area (Å²) in [6, 6.07) is 3.77. The van der Waals surface area contributed by atoms with Crippen LogP contribution in [0.15, 0.2) is 18.2 Å². The molecule has 1 aromatic heterocycles. The summed E-state index contributed by atoms with van der Waals surface area (Å²) in [4.78, 5) is 3.45. The van der Waals surface area contributed by atoms with Gasteiger partial charge in [0.15, 0.2) is 0 Å². The molecular formula is C9H10F3NO. The molecule has 14 heavy (non-hydrogen) atoms. The average molecular weight is 205 g/mol. The van der Waals surface area contributed by atoms with E-state index >= 15 is 0 Å². The Morgan fingerprint density at radius 3 is 2.57 bits per heavy atom. The van der Waals surface area contributed by atoms with Crippen molar-refractivity contribution in [2.75, 3.05) is 6.61 Å². The lowest BCUT2D eigenvalue weighted by Gasteiger charge is -2.06. The van der Waals surface area contributed by atoms with Gasteiger partial charge in [0, 0.05) is 12.3 Å². The zero-order valence-corrected chi connectivity index (χ0v) is 7.38. The van der Waals surface area contributed by atoms with Crippen molar-refractivity contribution in [1.29, 1.82) is 0 Å². The highest BCUT2D eigenvalue weighted by Gasteiger charge is 2.32. The van der Waals surface area contributed by atoms with Crippen LogP contribution in [-0.2, 0) is 12.6 Å². The van der Waals surface area contributed by atoms with Crippen LogP contribution in [0, 0.1) is 0 Å². The number of aromatic nitrogens is 1. The summed E-state index contributed by atoms with van der Waals surface area (Å²) < 4.78 is 36.5. The van der Waals surface area contributed by atoms with Gasteiger partial charge in [-0.15, -0.1) is 0 Å². The number of rotatable bonds is 3. The Labute approximate surface area is 79.4 Å². The second-order valence-electron chi connectivity index (χ2n) is 2.84. The van der Waals surface area contributed by atoms with Crippen LogP contribution in [0.3, 0.4) is 0 Å². The van der Waals surface area contributed by atoms with Crippen molar-refractivity contribution in [2.24, 2.45) is 0 Å². The van der Waals surface area contributed by atoms with Gasteiger partial charge in [-0.1, -0.05) is 6.07 Å². The zero-order chi connectivity index (χ0) is 10.6. The van der Waals surface area contributed by atoms with Crippen LogP contribution in [0.4, 0.5) is 13.2 Å². The quantitative estimate of drug-likeness (QED) is 0.818. The summed E-state index contributed by atoms with van der Waals surface area (Å²) in [5.41, 5.74) is -0.526. The van der Waals surface area contributed by atoms with Gasteiger partial charge in [-0.05, 0) is 25.0 Å². The molecule has 0 aromatic carbocycles. The van der Waals surface area contributed by atoms with Crippen molar-refractivity contribution in [3.05, 3.63) is 29.6 Å². The molecule has 0 amide bonds. The lowest BCUT2D eigenvalue weighted by atomic mass is 10.2. The number of aryl methyl sites for hydroxylation is 1. The summed E-state index contributed by atoms with van der Waals surface area (Å²) in [5.74, 6) is 0. The Kier molecular flexibility index (Phi) is 3.46. The van der Waals surface area contributed by atoms with Gasteiger partial charge in [-0.2, -0.15) is 13.2 Å². The number of hydrogen-bond acceptors (Lipinski definition) is 2. The minimum atomic E-state index is -4.39. The first-order valence-corrected chi connectivity index (χ1v) is 4.18. The molecule has 0 aliphatic heterocycles. The monoisotopic (exact) mass is 205 g/mol. The molecule has 0 saturated carbocycles. The Morgan fingerprint density at radius 1 is 1.29 bits per heavy atom. The highest BCUT2D eigenvalue weighted by atomic mass is 19.4. The van der Waals surface area contributed by atoms with E-state index in [0.717, 1.165) is 6.07 Å². The molecule has 2 nitrogen and oxygen atoms in total. The summed E-state index contributed by atoms with van der Waals surface area (Å²) in [7, 11) is 0. The molecule has 0 unspecified atom stereocenters. The van der Waals surface area contributed by atoms with Crippen molar-refractivity contribution in [3.8, 4) is 0 Å². The number of aliphatic hydroxyl groups is 1. The molecule has 0 aliphatic carbocycles. The highest BCUT2D eigenvalue weighted by Crippen LogP contribution is 2.27. The van der Waals surface area contributed by atoms with Gasteiger partial charge in [-0.25, -0.2) is 4.98 Å². The van der Waals surface area contributed by atoms with Gasteiger partial charge in [0.05, 0.1) is 0 Å². The zero-order valence-electron chi connectivity index (χ0n) is 7.38. The molecule has 5 heteroatoms. The van der Waals surface area contributed by atoms with Crippen molar-refractivity contribution in [1.82, 2.24) is 4.98 Å². The summed E-state index contributed by atoms with van der Waals surface area (Å²) in [6.45, 7) is -0.0437. The molecule has 1 rings (SSSR count). The van der Waals surface area contributed by atoms with E-state index in [-0.39, 0.29) is 6.61 Å². The topological polar surface area (TPSA) is 33.1 Å². The number of nitrogens with zero attached hydrogens (tertiary/aromatic N) is 1. The van der Waals surface area contributed by atoms with E-state index < -0.39 is 11.9 Å². The molecule has 1 N–H and O–H groups in total. The number of hydrogen-bond donors (Lipinski definition) is 1. The van der Waals surface area contributed by atoms with Crippen LogP contribution in [0.2, 0.25) is 0 Å². The third kappa shape index (κ3) is 2.99. The van der Waals surface area contributed by atoms with Gasteiger partial charge >= 0.3 is 6.18 Å². The fourth-order valence-corrected chi connectivity index (χ4v) is 1.04. The Hall–Kier alpha value is -1.10. The van der Waals surface area contributed by atoms with Gasteiger partial charge in [0.1, 0.15) is 5.69 Å². The molecule has 1 aromatic rings. The molecule has 0 aliphatic rings. The van der Waals surface area contributed by atoms with Crippen molar-refractivity contribution >= 4 is 0 Å². The molecule has 0 spiro atoms. The van der Waals surface area contributed by atoms with E-state index in [1.165, 1.54) is 12.1 Å². The predicted octanol–water partition coefficient (Wildman–Crippen LogP) is 2.03.